The van der Waals surface area contributed by atoms with Gasteiger partial charge in [0.15, 0.2) is 6.61 Å². The first kappa shape index (κ1) is 23.0. The lowest BCUT2D eigenvalue weighted by Crippen LogP contribution is -2.49. The SMILES string of the molecule is CCCCNC(=O)[C@@H](C)N(Cc1ccc(Cl)cc1)C(=O)COc1ccccc1Cl. The van der Waals surface area contributed by atoms with Gasteiger partial charge in [0.25, 0.3) is 5.91 Å². The van der Waals surface area contributed by atoms with Crippen LogP contribution in [-0.2, 0) is 16.1 Å². The van der Waals surface area contributed by atoms with Gasteiger partial charge in [-0.25, -0.2) is 0 Å². The maximum Gasteiger partial charge on any atom is 0.261 e. The lowest BCUT2D eigenvalue weighted by Gasteiger charge is -2.29. The monoisotopic (exact) mass is 436 g/mol. The predicted octanol–water partition coefficient (Wildman–Crippen LogP) is 4.71. The third kappa shape index (κ3) is 7.26. The number of para-hydroxylation sites is 1. The van der Waals surface area contributed by atoms with Gasteiger partial charge in [0.1, 0.15) is 11.8 Å². The fourth-order valence-corrected chi connectivity index (χ4v) is 3.01. The average molecular weight is 437 g/mol. The van der Waals surface area contributed by atoms with Gasteiger partial charge >= 0.3 is 0 Å². The van der Waals surface area contributed by atoms with Crippen molar-refractivity contribution in [1.82, 2.24) is 10.2 Å². The molecule has 0 saturated heterocycles. The molecule has 0 unspecified atom stereocenters. The second kappa shape index (κ2) is 11.7. The predicted molar refractivity (Wildman–Crippen MR) is 116 cm³/mol. The molecule has 0 spiro atoms. The molecular weight excluding hydrogens is 411 g/mol. The summed E-state index contributed by atoms with van der Waals surface area (Å²) >= 11 is 12.0. The van der Waals surface area contributed by atoms with Gasteiger partial charge in [-0.15, -0.1) is 0 Å². The fraction of sp³-hybridized carbons (Fsp3) is 0.364. The lowest BCUT2D eigenvalue weighted by atomic mass is 10.1. The number of ether oxygens (including phenoxy) is 1. The fourth-order valence-electron chi connectivity index (χ4n) is 2.69. The highest BCUT2D eigenvalue weighted by Crippen LogP contribution is 2.23. The number of carbonyl (C=O) groups excluding carboxylic acids is 2. The molecule has 0 aliphatic heterocycles. The largest absolute Gasteiger partial charge is 0.482 e. The summed E-state index contributed by atoms with van der Waals surface area (Å²) in [7, 11) is 0. The quantitative estimate of drug-likeness (QED) is 0.548. The zero-order chi connectivity index (χ0) is 21.2. The van der Waals surface area contributed by atoms with Crippen molar-refractivity contribution in [3.63, 3.8) is 0 Å². The number of nitrogens with zero attached hydrogens (tertiary/aromatic N) is 1. The number of amides is 2. The van der Waals surface area contributed by atoms with Crippen molar-refractivity contribution in [3.8, 4) is 5.75 Å². The molecule has 0 saturated carbocycles. The number of carbonyl (C=O) groups is 2. The molecule has 0 aliphatic carbocycles. The van der Waals surface area contributed by atoms with E-state index in [2.05, 4.69) is 12.2 Å². The molecule has 1 atom stereocenters. The zero-order valence-corrected chi connectivity index (χ0v) is 18.2. The number of halogens is 2. The van der Waals surface area contributed by atoms with Gasteiger partial charge in [-0.05, 0) is 43.2 Å². The molecule has 156 valence electrons. The Morgan fingerprint density at radius 2 is 1.79 bits per heavy atom. The summed E-state index contributed by atoms with van der Waals surface area (Å²) in [5.41, 5.74) is 0.869. The number of hydrogen-bond acceptors (Lipinski definition) is 3. The molecule has 1 N–H and O–H groups in total. The summed E-state index contributed by atoms with van der Waals surface area (Å²) in [5.74, 6) is -0.0782. The highest BCUT2D eigenvalue weighted by Gasteiger charge is 2.26. The summed E-state index contributed by atoms with van der Waals surface area (Å²) in [6.45, 7) is 4.40. The summed E-state index contributed by atoms with van der Waals surface area (Å²) in [5, 5.41) is 3.92. The highest BCUT2D eigenvalue weighted by molar-refractivity contribution is 6.32. The van der Waals surface area contributed by atoms with Crippen LogP contribution < -0.4 is 10.1 Å². The number of hydrogen-bond donors (Lipinski definition) is 1. The van der Waals surface area contributed by atoms with E-state index < -0.39 is 6.04 Å². The molecule has 0 bridgehead atoms. The molecule has 2 aromatic rings. The van der Waals surface area contributed by atoms with E-state index >= 15 is 0 Å². The van der Waals surface area contributed by atoms with Crippen LogP contribution in [0.4, 0.5) is 0 Å². The van der Waals surface area contributed by atoms with Crippen molar-refractivity contribution in [2.45, 2.75) is 39.3 Å². The van der Waals surface area contributed by atoms with Crippen molar-refractivity contribution in [2.24, 2.45) is 0 Å². The number of benzene rings is 2. The van der Waals surface area contributed by atoms with Gasteiger partial charge in [-0.1, -0.05) is 60.8 Å². The van der Waals surface area contributed by atoms with Crippen molar-refractivity contribution < 1.29 is 14.3 Å². The normalized spacial score (nSPS) is 11.6. The van der Waals surface area contributed by atoms with E-state index in [0.717, 1.165) is 18.4 Å². The first-order valence-corrected chi connectivity index (χ1v) is 10.4. The van der Waals surface area contributed by atoms with E-state index in [-0.39, 0.29) is 25.0 Å². The molecule has 0 fully saturated rings. The third-order valence-electron chi connectivity index (χ3n) is 4.45. The third-order valence-corrected chi connectivity index (χ3v) is 5.02. The van der Waals surface area contributed by atoms with Gasteiger partial charge < -0.3 is 15.0 Å². The molecule has 29 heavy (non-hydrogen) atoms. The Balaban J connectivity index is 2.11. The Morgan fingerprint density at radius 3 is 2.45 bits per heavy atom. The second-order valence-corrected chi connectivity index (χ2v) is 7.53. The molecule has 5 nitrogen and oxygen atoms in total. The number of unbranched alkanes of at least 4 members (excludes halogenated alkanes) is 1. The van der Waals surface area contributed by atoms with E-state index in [4.69, 9.17) is 27.9 Å². The second-order valence-electron chi connectivity index (χ2n) is 6.69. The van der Waals surface area contributed by atoms with Gasteiger partial charge in [0.05, 0.1) is 5.02 Å². The summed E-state index contributed by atoms with van der Waals surface area (Å²) in [6, 6.07) is 13.5. The van der Waals surface area contributed by atoms with Crippen LogP contribution in [-0.4, -0.2) is 35.9 Å². The average Bonchev–Trinajstić information content (AvgIpc) is 2.72. The van der Waals surface area contributed by atoms with Crippen LogP contribution >= 0.6 is 23.2 Å². The van der Waals surface area contributed by atoms with E-state index in [1.165, 1.54) is 4.90 Å². The van der Waals surface area contributed by atoms with Gasteiger partial charge in [0, 0.05) is 18.1 Å². The molecule has 0 radical (unpaired) electrons. The highest BCUT2D eigenvalue weighted by atomic mass is 35.5. The molecule has 0 aromatic heterocycles. The Bertz CT molecular complexity index is 812. The Morgan fingerprint density at radius 1 is 1.10 bits per heavy atom. The maximum absolute atomic E-state index is 12.9. The smallest absolute Gasteiger partial charge is 0.261 e. The first-order valence-electron chi connectivity index (χ1n) is 9.61. The van der Waals surface area contributed by atoms with Crippen LogP contribution in [0.1, 0.15) is 32.3 Å². The van der Waals surface area contributed by atoms with E-state index in [9.17, 15) is 9.59 Å². The lowest BCUT2D eigenvalue weighted by molar-refractivity contribution is -0.142. The minimum atomic E-state index is -0.648. The van der Waals surface area contributed by atoms with Crippen LogP contribution in [0.2, 0.25) is 10.0 Å². The van der Waals surface area contributed by atoms with Gasteiger partial charge in [-0.3, -0.25) is 9.59 Å². The van der Waals surface area contributed by atoms with Crippen LogP contribution in [0.15, 0.2) is 48.5 Å². The van der Waals surface area contributed by atoms with Gasteiger partial charge in [-0.2, -0.15) is 0 Å². The number of rotatable bonds is 10. The molecule has 2 rings (SSSR count). The van der Waals surface area contributed by atoms with Crippen LogP contribution in [0.3, 0.4) is 0 Å². The minimum Gasteiger partial charge on any atom is -0.482 e. The van der Waals surface area contributed by atoms with Crippen molar-refractivity contribution in [2.75, 3.05) is 13.2 Å². The molecule has 7 heteroatoms. The van der Waals surface area contributed by atoms with E-state index in [0.29, 0.717) is 22.3 Å². The topological polar surface area (TPSA) is 58.6 Å². The summed E-state index contributed by atoms with van der Waals surface area (Å²) in [4.78, 5) is 27.0. The first-order chi connectivity index (χ1) is 13.9. The Labute approximate surface area is 181 Å². The Hall–Kier alpha value is -2.24. The Kier molecular flexibility index (Phi) is 9.29. The van der Waals surface area contributed by atoms with E-state index in [1.54, 1.807) is 43.3 Å². The summed E-state index contributed by atoms with van der Waals surface area (Å²) < 4.78 is 5.59. The molecule has 2 aromatic carbocycles. The summed E-state index contributed by atoms with van der Waals surface area (Å²) in [6.07, 6.45) is 1.87. The maximum atomic E-state index is 12.9. The van der Waals surface area contributed by atoms with Crippen molar-refractivity contribution in [1.29, 1.82) is 0 Å². The number of nitrogens with one attached hydrogen (secondary N) is 1. The zero-order valence-electron chi connectivity index (χ0n) is 16.7. The van der Waals surface area contributed by atoms with E-state index in [1.807, 2.05) is 12.1 Å². The molecule has 2 amide bonds. The van der Waals surface area contributed by atoms with Crippen LogP contribution in [0, 0.1) is 0 Å². The molecular formula is C22H26Cl2N2O3. The minimum absolute atomic E-state index is 0.196. The van der Waals surface area contributed by atoms with Crippen molar-refractivity contribution in [3.05, 3.63) is 64.1 Å². The molecule has 0 heterocycles. The van der Waals surface area contributed by atoms with Crippen LogP contribution in [0.25, 0.3) is 0 Å². The van der Waals surface area contributed by atoms with Crippen molar-refractivity contribution >= 4 is 35.0 Å². The standard InChI is InChI=1S/C22H26Cl2N2O3/c1-3-4-13-25-22(28)16(2)26(14-17-9-11-18(23)12-10-17)21(27)15-29-20-8-6-5-7-19(20)24/h5-12,16H,3-4,13-15H2,1-2H3,(H,25,28)/t16-/m1/s1. The molecule has 0 aliphatic rings. The van der Waals surface area contributed by atoms with Gasteiger partial charge in [0.2, 0.25) is 5.91 Å². The van der Waals surface area contributed by atoms with Crippen LogP contribution in [0.5, 0.6) is 5.75 Å².